The summed E-state index contributed by atoms with van der Waals surface area (Å²) >= 11 is 0. The Morgan fingerprint density at radius 2 is 1.82 bits per heavy atom. The van der Waals surface area contributed by atoms with E-state index in [0.29, 0.717) is 12.5 Å². The lowest BCUT2D eigenvalue weighted by Crippen LogP contribution is -2.58. The topological polar surface area (TPSA) is 29.5 Å². The van der Waals surface area contributed by atoms with Crippen molar-refractivity contribution in [2.75, 3.05) is 12.0 Å². The maximum absolute atomic E-state index is 11.7. The van der Waals surface area contributed by atoms with Crippen LogP contribution in [0.4, 0.5) is 5.69 Å². The molecule has 0 radical (unpaired) electrons. The van der Waals surface area contributed by atoms with Gasteiger partial charge in [-0.05, 0) is 29.7 Å². The zero-order chi connectivity index (χ0) is 12.6. The molecule has 1 aliphatic rings. The molecule has 1 amide bonds. The van der Waals surface area contributed by atoms with Gasteiger partial charge in [-0.2, -0.15) is 0 Å². The Hall–Kier alpha value is -1.51. The molecule has 1 heterocycles. The molecule has 0 aliphatic carbocycles. The third-order valence-corrected chi connectivity index (χ3v) is 3.30. The van der Waals surface area contributed by atoms with Crippen LogP contribution in [0.5, 0.6) is 5.75 Å². The number of rotatable bonds is 2. The number of hydrogen-bond acceptors (Lipinski definition) is 2. The maximum atomic E-state index is 11.7. The molecule has 92 valence electrons. The molecule has 1 aromatic rings. The first-order valence-corrected chi connectivity index (χ1v) is 5.89. The molecule has 0 aromatic heterocycles. The first kappa shape index (κ1) is 12.0. The van der Waals surface area contributed by atoms with Crippen molar-refractivity contribution in [1.29, 1.82) is 0 Å². The molecule has 0 spiro atoms. The second-order valence-electron chi connectivity index (χ2n) is 5.55. The average Bonchev–Trinajstić information content (AvgIpc) is 2.25. The second kappa shape index (κ2) is 4.06. The van der Waals surface area contributed by atoms with Crippen LogP contribution < -0.4 is 9.64 Å². The van der Waals surface area contributed by atoms with Gasteiger partial charge in [-0.3, -0.25) is 4.79 Å². The van der Waals surface area contributed by atoms with E-state index in [0.717, 1.165) is 11.4 Å². The van der Waals surface area contributed by atoms with Gasteiger partial charge in [-0.1, -0.05) is 20.8 Å². The lowest BCUT2D eigenvalue weighted by Gasteiger charge is -2.47. The zero-order valence-corrected chi connectivity index (χ0v) is 10.9. The predicted octanol–water partition coefficient (Wildman–Crippen LogP) is 2.85. The van der Waals surface area contributed by atoms with E-state index >= 15 is 0 Å². The van der Waals surface area contributed by atoms with Gasteiger partial charge >= 0.3 is 0 Å². The summed E-state index contributed by atoms with van der Waals surface area (Å²) in [5, 5.41) is 0. The Morgan fingerprint density at radius 3 is 2.24 bits per heavy atom. The number of benzene rings is 1. The van der Waals surface area contributed by atoms with Crippen LogP contribution in [0.2, 0.25) is 0 Å². The number of methoxy groups -OCH3 is 1. The standard InChI is InChI=1S/C14H19NO2/c1-14(2,3)12-9-13(16)15(12)10-5-7-11(17-4)8-6-10/h5-8,12H,9H2,1-4H3/t12-/m0/s1. The number of carbonyl (C=O) groups is 1. The molecule has 17 heavy (non-hydrogen) atoms. The minimum absolute atomic E-state index is 0.119. The molecule has 1 fully saturated rings. The summed E-state index contributed by atoms with van der Waals surface area (Å²) in [6.45, 7) is 6.50. The molecule has 1 saturated heterocycles. The number of anilines is 1. The van der Waals surface area contributed by atoms with E-state index in [9.17, 15) is 4.79 Å². The Morgan fingerprint density at radius 1 is 1.24 bits per heavy atom. The van der Waals surface area contributed by atoms with Gasteiger partial charge in [0.2, 0.25) is 5.91 Å². The first-order chi connectivity index (χ1) is 7.93. The molecule has 0 saturated carbocycles. The van der Waals surface area contributed by atoms with E-state index in [1.807, 2.05) is 29.2 Å². The molecular weight excluding hydrogens is 214 g/mol. The smallest absolute Gasteiger partial charge is 0.229 e. The summed E-state index contributed by atoms with van der Waals surface area (Å²) in [5.74, 6) is 1.02. The van der Waals surface area contributed by atoms with Crippen molar-refractivity contribution in [3.8, 4) is 5.75 Å². The number of β-lactam (4-membered cyclic amide) rings is 1. The van der Waals surface area contributed by atoms with Gasteiger partial charge in [0.1, 0.15) is 5.75 Å². The molecule has 3 nitrogen and oxygen atoms in total. The highest BCUT2D eigenvalue weighted by atomic mass is 16.5. The number of nitrogens with zero attached hydrogens (tertiary/aromatic N) is 1. The van der Waals surface area contributed by atoms with Crippen LogP contribution in [-0.2, 0) is 4.79 Å². The van der Waals surface area contributed by atoms with Gasteiger partial charge in [0.25, 0.3) is 0 Å². The Labute approximate surface area is 102 Å². The summed E-state index contributed by atoms with van der Waals surface area (Å²) in [7, 11) is 1.64. The normalized spacial score (nSPS) is 20.1. The summed E-state index contributed by atoms with van der Waals surface area (Å²) in [4.78, 5) is 13.6. The number of carbonyl (C=O) groups excluding carboxylic acids is 1. The molecule has 0 unspecified atom stereocenters. The molecule has 1 aliphatic heterocycles. The molecular formula is C14H19NO2. The van der Waals surface area contributed by atoms with Crippen LogP contribution in [0.3, 0.4) is 0 Å². The van der Waals surface area contributed by atoms with Crippen molar-refractivity contribution in [1.82, 2.24) is 0 Å². The van der Waals surface area contributed by atoms with Crippen LogP contribution in [0.15, 0.2) is 24.3 Å². The molecule has 1 aromatic carbocycles. The van der Waals surface area contributed by atoms with Crippen molar-refractivity contribution in [2.45, 2.75) is 33.2 Å². The summed E-state index contributed by atoms with van der Waals surface area (Å²) in [6.07, 6.45) is 0.648. The van der Waals surface area contributed by atoms with Gasteiger partial charge in [0.05, 0.1) is 13.2 Å². The fourth-order valence-electron chi connectivity index (χ4n) is 2.18. The van der Waals surface area contributed by atoms with Crippen LogP contribution in [0, 0.1) is 5.41 Å². The third-order valence-electron chi connectivity index (χ3n) is 3.30. The fourth-order valence-corrected chi connectivity index (χ4v) is 2.18. The molecule has 3 heteroatoms. The quantitative estimate of drug-likeness (QED) is 0.735. The highest BCUT2D eigenvalue weighted by Crippen LogP contribution is 2.38. The van der Waals surface area contributed by atoms with Crippen LogP contribution in [0.25, 0.3) is 0 Å². The summed E-state index contributed by atoms with van der Waals surface area (Å²) in [5.41, 5.74) is 1.08. The van der Waals surface area contributed by atoms with E-state index < -0.39 is 0 Å². The second-order valence-corrected chi connectivity index (χ2v) is 5.55. The van der Waals surface area contributed by atoms with Crippen LogP contribution in [0.1, 0.15) is 27.2 Å². The zero-order valence-electron chi connectivity index (χ0n) is 10.9. The molecule has 0 N–H and O–H groups in total. The van der Waals surface area contributed by atoms with Crippen LogP contribution in [-0.4, -0.2) is 19.1 Å². The Kier molecular flexibility index (Phi) is 2.86. The van der Waals surface area contributed by atoms with Gasteiger partial charge in [0.15, 0.2) is 0 Å². The molecule has 2 rings (SSSR count). The van der Waals surface area contributed by atoms with Gasteiger partial charge in [-0.25, -0.2) is 0 Å². The van der Waals surface area contributed by atoms with E-state index in [-0.39, 0.29) is 11.3 Å². The summed E-state index contributed by atoms with van der Waals surface area (Å²) < 4.78 is 5.12. The predicted molar refractivity (Wildman–Crippen MR) is 68.3 cm³/mol. The van der Waals surface area contributed by atoms with Crippen molar-refractivity contribution in [2.24, 2.45) is 5.41 Å². The maximum Gasteiger partial charge on any atom is 0.229 e. The monoisotopic (exact) mass is 233 g/mol. The number of ether oxygens (including phenoxy) is 1. The Balaban J connectivity index is 2.23. The molecule has 1 atom stereocenters. The van der Waals surface area contributed by atoms with E-state index in [1.54, 1.807) is 7.11 Å². The van der Waals surface area contributed by atoms with E-state index in [1.165, 1.54) is 0 Å². The number of hydrogen-bond donors (Lipinski definition) is 0. The van der Waals surface area contributed by atoms with Crippen molar-refractivity contribution < 1.29 is 9.53 Å². The SMILES string of the molecule is COc1ccc(N2C(=O)C[C@H]2C(C)(C)C)cc1. The van der Waals surface area contributed by atoms with Crippen molar-refractivity contribution >= 4 is 11.6 Å². The largest absolute Gasteiger partial charge is 0.497 e. The summed E-state index contributed by atoms with van der Waals surface area (Å²) in [6, 6.07) is 7.95. The van der Waals surface area contributed by atoms with Crippen molar-refractivity contribution in [3.63, 3.8) is 0 Å². The lowest BCUT2D eigenvalue weighted by atomic mass is 9.78. The van der Waals surface area contributed by atoms with Crippen LogP contribution >= 0.6 is 0 Å². The number of amides is 1. The molecule has 0 bridgehead atoms. The fraction of sp³-hybridized carbons (Fsp3) is 0.500. The Bertz CT molecular complexity index is 417. The van der Waals surface area contributed by atoms with Crippen molar-refractivity contribution in [3.05, 3.63) is 24.3 Å². The van der Waals surface area contributed by atoms with E-state index in [4.69, 9.17) is 4.74 Å². The first-order valence-electron chi connectivity index (χ1n) is 5.89. The van der Waals surface area contributed by atoms with E-state index in [2.05, 4.69) is 20.8 Å². The average molecular weight is 233 g/mol. The minimum Gasteiger partial charge on any atom is -0.497 e. The highest BCUT2D eigenvalue weighted by molar-refractivity contribution is 6.01. The van der Waals surface area contributed by atoms with Gasteiger partial charge in [-0.15, -0.1) is 0 Å². The third kappa shape index (κ3) is 2.14. The highest BCUT2D eigenvalue weighted by Gasteiger charge is 2.44. The minimum atomic E-state index is 0.119. The van der Waals surface area contributed by atoms with Gasteiger partial charge in [0, 0.05) is 12.1 Å². The lowest BCUT2D eigenvalue weighted by molar-refractivity contribution is -0.126. The van der Waals surface area contributed by atoms with Gasteiger partial charge < -0.3 is 9.64 Å².